The van der Waals surface area contributed by atoms with Crippen molar-refractivity contribution in [1.82, 2.24) is 19.6 Å². The van der Waals surface area contributed by atoms with Crippen molar-refractivity contribution in [1.29, 1.82) is 0 Å². The van der Waals surface area contributed by atoms with E-state index in [1.165, 1.54) is 44.3 Å². The maximum atomic E-state index is 13.7. The Balaban J connectivity index is 1.29. The number of Topliss-reactive ketones (excluding diaryl/α,β-unsaturated/α-hetero) is 1. The van der Waals surface area contributed by atoms with Gasteiger partial charge < -0.3 is 9.51 Å². The Morgan fingerprint density at radius 2 is 1.70 bits per heavy atom. The molecule has 0 aliphatic carbocycles. The zero-order valence-corrected chi connectivity index (χ0v) is 25.8. The third-order valence-corrected chi connectivity index (χ3v) is 10.1. The first-order valence-electron chi connectivity index (χ1n) is 14.1. The Hall–Kier alpha value is -4.80. The summed E-state index contributed by atoms with van der Waals surface area (Å²) in [6.07, 6.45) is 1.86. The molecule has 1 fully saturated rings. The van der Waals surface area contributed by atoms with Gasteiger partial charge in [-0.3, -0.25) is 14.5 Å². The fourth-order valence-electron chi connectivity index (χ4n) is 5.68. The maximum absolute atomic E-state index is 13.7. The summed E-state index contributed by atoms with van der Waals surface area (Å²) in [5.74, 6) is -1.20. The van der Waals surface area contributed by atoms with Crippen molar-refractivity contribution in [2.45, 2.75) is 36.9 Å². The Morgan fingerprint density at radius 3 is 2.50 bits per heavy atom. The Morgan fingerprint density at radius 1 is 0.932 bits per heavy atom. The molecule has 1 saturated heterocycles. The number of rotatable bonds is 6. The number of pyridine rings is 1. The molecule has 0 radical (unpaired) electrons. The molecule has 1 amide bonds. The Bertz CT molecular complexity index is 2130. The molecular weight excluding hydrogens is 591 g/mol. The molecular formula is C34H27N5O3S2. The minimum Gasteiger partial charge on any atom is -0.505 e. The Labute approximate surface area is 261 Å². The van der Waals surface area contributed by atoms with Gasteiger partial charge in [-0.15, -0.1) is 10.2 Å². The van der Waals surface area contributed by atoms with Gasteiger partial charge in [-0.25, -0.2) is 4.98 Å². The highest BCUT2D eigenvalue weighted by Gasteiger charge is 2.48. The molecule has 1 atom stereocenters. The molecule has 218 valence electrons. The SMILES string of the molecule is Cc1ccc(C2/C(=C(\O)c3nc4c(C)cccn4c3C)C(=O)C(=O)N2c2nnc(SCc3cccc4ccccc34)s2)cc1. The standard InChI is InChI=1S/C34H27N5O3S2/c1-19-13-15-23(16-14-19)28-26(29(40)27-21(3)38-17-7-8-20(2)31(38)35-27)30(41)32(42)39(28)33-36-37-34(44-33)43-18-24-11-6-10-22-9-4-5-12-25(22)24/h4-17,28,40H,18H2,1-3H3/b29-26+. The number of amides is 1. The first kappa shape index (κ1) is 28.0. The van der Waals surface area contributed by atoms with Crippen LogP contribution in [0.15, 0.2) is 95.0 Å². The molecule has 7 rings (SSSR count). The number of hydrogen-bond acceptors (Lipinski definition) is 8. The molecule has 1 unspecified atom stereocenters. The average molecular weight is 618 g/mol. The summed E-state index contributed by atoms with van der Waals surface area (Å²) in [5.41, 5.74) is 5.37. The van der Waals surface area contributed by atoms with Crippen LogP contribution in [0, 0.1) is 20.8 Å². The highest BCUT2D eigenvalue weighted by molar-refractivity contribution is 8.00. The topological polar surface area (TPSA) is 101 Å². The molecule has 3 aromatic heterocycles. The van der Waals surface area contributed by atoms with Gasteiger partial charge in [0, 0.05) is 11.9 Å². The van der Waals surface area contributed by atoms with Crippen molar-refractivity contribution in [2.24, 2.45) is 0 Å². The van der Waals surface area contributed by atoms with E-state index in [1.54, 1.807) is 0 Å². The molecule has 3 aromatic carbocycles. The van der Waals surface area contributed by atoms with Crippen molar-refractivity contribution in [3.63, 3.8) is 0 Å². The summed E-state index contributed by atoms with van der Waals surface area (Å²) in [4.78, 5) is 33.4. The van der Waals surface area contributed by atoms with Crippen LogP contribution in [-0.4, -0.2) is 36.4 Å². The first-order chi connectivity index (χ1) is 21.3. The zero-order chi connectivity index (χ0) is 30.5. The number of imidazole rings is 1. The molecule has 1 aliphatic rings. The number of aliphatic hydroxyl groups is 1. The number of nitrogens with zero attached hydrogens (tertiary/aromatic N) is 5. The summed E-state index contributed by atoms with van der Waals surface area (Å²) >= 11 is 2.78. The van der Waals surface area contributed by atoms with E-state index in [2.05, 4.69) is 39.4 Å². The van der Waals surface area contributed by atoms with E-state index in [0.29, 0.717) is 32.1 Å². The van der Waals surface area contributed by atoms with Crippen LogP contribution in [0.2, 0.25) is 0 Å². The number of aromatic nitrogens is 4. The lowest BCUT2D eigenvalue weighted by molar-refractivity contribution is -0.132. The van der Waals surface area contributed by atoms with Crippen LogP contribution in [0.4, 0.5) is 5.13 Å². The van der Waals surface area contributed by atoms with Gasteiger partial charge in [-0.1, -0.05) is 101 Å². The quantitative estimate of drug-likeness (QED) is 0.0695. The van der Waals surface area contributed by atoms with E-state index in [4.69, 9.17) is 0 Å². The van der Waals surface area contributed by atoms with Crippen LogP contribution in [-0.2, 0) is 15.3 Å². The van der Waals surface area contributed by atoms with Crippen LogP contribution in [0.3, 0.4) is 0 Å². The molecule has 0 bridgehead atoms. The number of thioether (sulfide) groups is 1. The third-order valence-electron chi connectivity index (χ3n) is 7.98. The van der Waals surface area contributed by atoms with Crippen LogP contribution in [0.25, 0.3) is 22.2 Å². The lowest BCUT2D eigenvalue weighted by Gasteiger charge is -2.22. The van der Waals surface area contributed by atoms with Gasteiger partial charge in [0.25, 0.3) is 5.78 Å². The van der Waals surface area contributed by atoms with E-state index in [1.807, 2.05) is 86.0 Å². The van der Waals surface area contributed by atoms with E-state index in [9.17, 15) is 14.7 Å². The van der Waals surface area contributed by atoms with E-state index in [0.717, 1.165) is 11.1 Å². The van der Waals surface area contributed by atoms with E-state index < -0.39 is 17.7 Å². The molecule has 4 heterocycles. The minimum absolute atomic E-state index is 0.0248. The highest BCUT2D eigenvalue weighted by Crippen LogP contribution is 2.44. The van der Waals surface area contributed by atoms with Crippen molar-refractivity contribution in [3.8, 4) is 0 Å². The lowest BCUT2D eigenvalue weighted by atomic mass is 9.96. The first-order valence-corrected chi connectivity index (χ1v) is 15.9. The third kappa shape index (κ3) is 4.67. The second-order valence-electron chi connectivity index (χ2n) is 10.8. The predicted octanol–water partition coefficient (Wildman–Crippen LogP) is 7.18. The average Bonchev–Trinajstić information content (AvgIpc) is 3.71. The highest BCUT2D eigenvalue weighted by atomic mass is 32.2. The zero-order valence-electron chi connectivity index (χ0n) is 24.2. The van der Waals surface area contributed by atoms with Gasteiger partial charge in [0.1, 0.15) is 11.3 Å². The fraction of sp³-hybridized carbons (Fsp3) is 0.147. The van der Waals surface area contributed by atoms with Crippen molar-refractivity contribution in [3.05, 3.63) is 124 Å². The van der Waals surface area contributed by atoms with Crippen LogP contribution in [0.1, 0.15) is 39.7 Å². The maximum Gasteiger partial charge on any atom is 0.301 e. The van der Waals surface area contributed by atoms with Crippen molar-refractivity contribution in [2.75, 3.05) is 4.90 Å². The van der Waals surface area contributed by atoms with E-state index >= 15 is 0 Å². The summed E-state index contributed by atoms with van der Waals surface area (Å²) in [6, 6.07) is 25.0. The molecule has 8 nitrogen and oxygen atoms in total. The number of carbonyl (C=O) groups excluding carboxylic acids is 2. The van der Waals surface area contributed by atoms with Gasteiger partial charge >= 0.3 is 5.91 Å². The summed E-state index contributed by atoms with van der Waals surface area (Å²) in [5, 5.41) is 23.1. The fourth-order valence-corrected chi connectivity index (χ4v) is 7.56. The Kier molecular flexibility index (Phi) is 7.02. The van der Waals surface area contributed by atoms with Crippen LogP contribution >= 0.6 is 23.1 Å². The molecule has 1 N–H and O–H groups in total. The molecule has 10 heteroatoms. The number of benzene rings is 3. The van der Waals surface area contributed by atoms with Crippen LogP contribution in [0.5, 0.6) is 0 Å². The van der Waals surface area contributed by atoms with Gasteiger partial charge in [-0.2, -0.15) is 0 Å². The smallest absolute Gasteiger partial charge is 0.301 e. The van der Waals surface area contributed by atoms with Crippen LogP contribution < -0.4 is 4.90 Å². The lowest BCUT2D eigenvalue weighted by Crippen LogP contribution is -2.29. The normalized spacial score (nSPS) is 16.4. The number of fused-ring (bicyclic) bond motifs is 2. The number of carbonyl (C=O) groups is 2. The molecule has 6 aromatic rings. The monoisotopic (exact) mass is 617 g/mol. The second kappa shape index (κ2) is 11.0. The second-order valence-corrected chi connectivity index (χ2v) is 13.0. The van der Waals surface area contributed by atoms with E-state index in [-0.39, 0.29) is 17.0 Å². The number of hydrogen-bond donors (Lipinski definition) is 1. The molecule has 44 heavy (non-hydrogen) atoms. The van der Waals surface area contributed by atoms with Crippen molar-refractivity contribution < 1.29 is 14.7 Å². The van der Waals surface area contributed by atoms with Gasteiger partial charge in [-0.05, 0) is 54.3 Å². The molecule has 0 spiro atoms. The van der Waals surface area contributed by atoms with Gasteiger partial charge in [0.15, 0.2) is 10.1 Å². The van der Waals surface area contributed by atoms with Gasteiger partial charge in [0.05, 0.1) is 17.3 Å². The molecule has 1 aliphatic heterocycles. The van der Waals surface area contributed by atoms with Crippen molar-refractivity contribution >= 4 is 62.1 Å². The summed E-state index contributed by atoms with van der Waals surface area (Å²) in [7, 11) is 0. The minimum atomic E-state index is -0.898. The number of aryl methyl sites for hydroxylation is 3. The largest absolute Gasteiger partial charge is 0.505 e. The summed E-state index contributed by atoms with van der Waals surface area (Å²) in [6.45, 7) is 5.73. The summed E-state index contributed by atoms with van der Waals surface area (Å²) < 4.78 is 2.54. The number of anilines is 1. The number of aliphatic hydroxyl groups excluding tert-OH is 1. The predicted molar refractivity (Wildman–Crippen MR) is 174 cm³/mol. The molecule has 0 saturated carbocycles. The van der Waals surface area contributed by atoms with Gasteiger partial charge in [0.2, 0.25) is 5.13 Å². The number of ketones is 1.